The number of anilines is 12. The summed E-state index contributed by atoms with van der Waals surface area (Å²) in [6.07, 6.45) is 27.1. The number of amides is 6. The minimum atomic E-state index is -0.132. The lowest BCUT2D eigenvalue weighted by Gasteiger charge is -2.31. The number of fused-ring (bicyclic) bond motifs is 3. The van der Waals surface area contributed by atoms with E-state index in [1.807, 2.05) is 32.9 Å². The maximum atomic E-state index is 12.9. The minimum absolute atomic E-state index is 0.0716. The SMILES string of the molecule is COc1cc(C(=O)NC2CC2)ccc1Nc1ncc2c(n1)N(C1CCCC1)C[C@H](C)C(=O)N2C.COc1cc(C(=O)NC2CCCC2)ccc1Nc1ncc2c(n1)N(C1CCCC1)C[C@H](C)C(=O)N2C.COc1cc(C(=O)NC2CCOCC2)ccc1Nc1ncc2c(n1)N(C1CCCC1)C[C@H](C)C(=O)N2C. The number of ether oxygens (including phenoxy) is 4. The second-order valence-corrected chi connectivity index (χ2v) is 30.1. The third-order valence-electron chi connectivity index (χ3n) is 22.4. The van der Waals surface area contributed by atoms with E-state index in [0.29, 0.717) is 126 Å². The number of aromatic nitrogens is 6. The largest absolute Gasteiger partial charge is 0.495 e. The molecule has 3 atom stereocenters. The van der Waals surface area contributed by atoms with Gasteiger partial charge in [-0.3, -0.25) is 28.8 Å². The van der Waals surface area contributed by atoms with Gasteiger partial charge in [-0.25, -0.2) is 15.0 Å². The van der Waals surface area contributed by atoms with Crippen molar-refractivity contribution in [1.82, 2.24) is 45.9 Å². The molecular weight excluding hydrogens is 1360 g/mol. The summed E-state index contributed by atoms with van der Waals surface area (Å²) in [5.41, 5.74) is 5.82. The van der Waals surface area contributed by atoms with Gasteiger partial charge in [0.05, 0.1) is 74.7 Å². The van der Waals surface area contributed by atoms with Gasteiger partial charge >= 0.3 is 0 Å². The molecule has 0 spiro atoms. The maximum Gasteiger partial charge on any atom is 0.251 e. The highest BCUT2D eigenvalue weighted by Gasteiger charge is 2.39. The molecule has 0 radical (unpaired) electrons. The van der Waals surface area contributed by atoms with Crippen molar-refractivity contribution in [2.24, 2.45) is 17.8 Å². The summed E-state index contributed by atoms with van der Waals surface area (Å²) in [6.45, 7) is 9.19. The first-order chi connectivity index (χ1) is 51.8. The van der Waals surface area contributed by atoms with Gasteiger partial charge in [-0.1, -0.05) is 72.1 Å². The Morgan fingerprint density at radius 3 is 0.972 bits per heavy atom. The van der Waals surface area contributed by atoms with Crippen molar-refractivity contribution in [3.05, 3.63) is 89.9 Å². The molecule has 28 nitrogen and oxygen atoms in total. The van der Waals surface area contributed by atoms with Crippen LogP contribution in [0.3, 0.4) is 0 Å². The van der Waals surface area contributed by atoms with Crippen molar-refractivity contribution in [1.29, 1.82) is 0 Å². The Hall–Kier alpha value is -10.1. The normalized spacial score (nSPS) is 20.8. The quantitative estimate of drug-likeness (QED) is 0.0466. The van der Waals surface area contributed by atoms with Crippen LogP contribution in [0.15, 0.2) is 73.2 Å². The molecule has 5 aliphatic carbocycles. The van der Waals surface area contributed by atoms with Crippen molar-refractivity contribution in [3.8, 4) is 17.2 Å². The topological polar surface area (TPSA) is 308 Å². The van der Waals surface area contributed by atoms with E-state index in [1.54, 1.807) is 118 Å². The lowest BCUT2D eigenvalue weighted by atomic mass is 10.1. The van der Waals surface area contributed by atoms with Crippen LogP contribution in [0.5, 0.6) is 17.2 Å². The Morgan fingerprint density at radius 1 is 0.402 bits per heavy atom. The van der Waals surface area contributed by atoms with Crippen molar-refractivity contribution in [2.45, 2.75) is 185 Å². The van der Waals surface area contributed by atoms with Crippen LogP contribution in [-0.2, 0) is 19.1 Å². The predicted octanol–water partition coefficient (Wildman–Crippen LogP) is 11.2. The van der Waals surface area contributed by atoms with E-state index in [4.69, 9.17) is 33.9 Å². The van der Waals surface area contributed by atoms with Crippen LogP contribution in [0, 0.1) is 17.8 Å². The van der Waals surface area contributed by atoms with Crippen LogP contribution < -0.4 is 75.5 Å². The van der Waals surface area contributed by atoms with Crippen molar-refractivity contribution in [2.75, 3.05) is 121 Å². The average molecular weight is 1470 g/mol. The second-order valence-electron chi connectivity index (χ2n) is 30.1. The van der Waals surface area contributed by atoms with E-state index in [0.717, 1.165) is 112 Å². The highest BCUT2D eigenvalue weighted by molar-refractivity contribution is 6.02. The number of carbonyl (C=O) groups is 6. The van der Waals surface area contributed by atoms with E-state index in [-0.39, 0.29) is 65.3 Å². The molecule has 6 N–H and O–H groups in total. The smallest absolute Gasteiger partial charge is 0.251 e. The van der Waals surface area contributed by atoms with Crippen molar-refractivity contribution < 1.29 is 47.7 Å². The molecule has 107 heavy (non-hydrogen) atoms. The van der Waals surface area contributed by atoms with Crippen LogP contribution in [0.2, 0.25) is 0 Å². The second kappa shape index (κ2) is 33.8. The van der Waals surface area contributed by atoms with Gasteiger partial charge in [-0.05, 0) is 132 Å². The summed E-state index contributed by atoms with van der Waals surface area (Å²) in [6, 6.07) is 17.7. The van der Waals surface area contributed by atoms with Crippen LogP contribution >= 0.6 is 0 Å². The van der Waals surface area contributed by atoms with Crippen molar-refractivity contribution in [3.63, 3.8) is 0 Å². The van der Waals surface area contributed by atoms with Crippen LogP contribution in [0.4, 0.5) is 69.4 Å². The molecule has 6 amide bonds. The molecule has 4 aliphatic heterocycles. The molecule has 28 heteroatoms. The molecule has 3 aromatic heterocycles. The Balaban J connectivity index is 0.000000142. The number of carbonyl (C=O) groups excluding carboxylic acids is 6. The van der Waals surface area contributed by atoms with Gasteiger partial charge in [-0.2, -0.15) is 15.0 Å². The molecule has 6 fully saturated rings. The minimum Gasteiger partial charge on any atom is -0.495 e. The van der Waals surface area contributed by atoms with E-state index < -0.39 is 0 Å². The lowest BCUT2D eigenvalue weighted by molar-refractivity contribution is -0.122. The van der Waals surface area contributed by atoms with Gasteiger partial charge in [-0.15, -0.1) is 0 Å². The van der Waals surface area contributed by atoms with Gasteiger partial charge in [0.15, 0.2) is 17.5 Å². The fourth-order valence-corrected chi connectivity index (χ4v) is 16.1. The monoisotopic (exact) mass is 1460 g/mol. The summed E-state index contributed by atoms with van der Waals surface area (Å²) in [5.74, 6) is 4.75. The van der Waals surface area contributed by atoms with Gasteiger partial charge in [0.25, 0.3) is 17.7 Å². The predicted molar refractivity (Wildman–Crippen MR) is 413 cm³/mol. The zero-order valence-corrected chi connectivity index (χ0v) is 63.3. The number of rotatable bonds is 18. The Kier molecular flexibility index (Phi) is 23.7. The molecule has 1 saturated heterocycles. The molecule has 9 aliphatic rings. The first-order valence-electron chi connectivity index (χ1n) is 38.4. The fraction of sp³-hybridized carbons (Fsp3) is 0.544. The molecule has 15 rings (SSSR count). The summed E-state index contributed by atoms with van der Waals surface area (Å²) in [7, 11) is 10.1. The molecule has 0 bridgehead atoms. The Morgan fingerprint density at radius 2 is 0.682 bits per heavy atom. The fourth-order valence-electron chi connectivity index (χ4n) is 16.1. The lowest BCUT2D eigenvalue weighted by Crippen LogP contribution is -2.38. The molecule has 570 valence electrons. The summed E-state index contributed by atoms with van der Waals surface area (Å²) >= 11 is 0. The van der Waals surface area contributed by atoms with Gasteiger partial charge in [0.1, 0.15) is 34.3 Å². The standard InChI is InChI=1S/C27H36N6O4.C27H36N6O3.C25H32N6O3/c1-17-16-33(20-6-4-5-7-20)24-22(32(2)26(17)35)15-28-27(31-24)30-21-9-8-18(14-23(21)36-3)25(34)29-19-10-12-37-13-11-19;1-17-16-33(20-10-6-7-11-20)24-22(32(2)26(17)35)15-28-27(31-24)30-21-13-12-18(14-23(21)36-3)25(34)29-19-8-4-5-9-19;1-15-14-31(18-6-4-5-7-18)22-20(30(2)24(15)33)13-26-25(29-22)28-19-11-8-16(12-21(19)34-3)23(32)27-17-9-10-17/h8-9,14-15,17,19-20H,4-7,10-13,16H2,1-3H3,(H,29,34)(H,28,30,31);12-15,17,19-20H,4-11,16H2,1-3H3,(H,29,34)(H,28,30,31);8,11-13,15,17-18H,4-7,9-10,14H2,1-3H3,(H,27,32)(H,26,28,29)/t2*17-;15-/m000/s1. The Bertz CT molecular complexity index is 4210. The van der Waals surface area contributed by atoms with Gasteiger partial charge in [0, 0.05) is 107 Å². The van der Waals surface area contributed by atoms with Crippen LogP contribution in [-0.4, -0.2) is 177 Å². The Labute approximate surface area is 626 Å². The third kappa shape index (κ3) is 17.3. The zero-order valence-electron chi connectivity index (χ0n) is 63.3. The number of nitrogens with zero attached hydrogens (tertiary/aromatic N) is 12. The number of hydrogen-bond donors (Lipinski definition) is 6. The first-order valence-corrected chi connectivity index (χ1v) is 38.4. The molecule has 7 heterocycles. The van der Waals surface area contributed by atoms with Gasteiger partial charge in [0.2, 0.25) is 35.6 Å². The van der Waals surface area contributed by atoms with E-state index >= 15 is 0 Å². The van der Waals surface area contributed by atoms with Crippen LogP contribution in [0.1, 0.15) is 180 Å². The third-order valence-corrected chi connectivity index (χ3v) is 22.4. The average Bonchev–Trinajstić information content (AvgIpc) is 1.71. The van der Waals surface area contributed by atoms with Gasteiger partial charge < -0.3 is 80.2 Å². The molecule has 5 saturated carbocycles. The molecular formula is C79H104N18O10. The van der Waals surface area contributed by atoms with Crippen molar-refractivity contribution >= 4 is 105 Å². The number of benzene rings is 3. The maximum absolute atomic E-state index is 12.9. The van der Waals surface area contributed by atoms with E-state index in [9.17, 15) is 28.8 Å². The molecule has 6 aromatic rings. The first kappa shape index (κ1) is 75.1. The number of hydrogen-bond acceptors (Lipinski definition) is 22. The number of methoxy groups -OCH3 is 3. The van der Waals surface area contributed by atoms with E-state index in [2.05, 4.69) is 61.6 Å². The number of nitrogens with one attached hydrogen (secondary N) is 6. The molecule has 3 aromatic carbocycles. The highest BCUT2D eigenvalue weighted by atomic mass is 16.5. The summed E-state index contributed by atoms with van der Waals surface area (Å²) < 4.78 is 22.1. The molecule has 0 unspecified atom stereocenters. The highest BCUT2D eigenvalue weighted by Crippen LogP contribution is 2.43. The van der Waals surface area contributed by atoms with Crippen LogP contribution in [0.25, 0.3) is 0 Å². The zero-order chi connectivity index (χ0) is 75.0. The summed E-state index contributed by atoms with van der Waals surface area (Å²) in [5, 5.41) is 19.0. The van der Waals surface area contributed by atoms with E-state index in [1.165, 1.54) is 51.4 Å². The summed E-state index contributed by atoms with van der Waals surface area (Å²) in [4.78, 5) is 117.